The first-order chi connectivity index (χ1) is 16.8. The van der Waals surface area contributed by atoms with Crippen LogP contribution in [0.25, 0.3) is 22.4 Å². The number of hydrogen-bond acceptors (Lipinski definition) is 5. The fourth-order valence-electron chi connectivity index (χ4n) is 5.11. The summed E-state index contributed by atoms with van der Waals surface area (Å²) in [5, 5.41) is 13.2. The van der Waals surface area contributed by atoms with E-state index in [-0.39, 0.29) is 23.3 Å². The molecule has 2 aromatic carbocycles. The zero-order valence-electron chi connectivity index (χ0n) is 20.6. The number of rotatable bonds is 5. The van der Waals surface area contributed by atoms with Crippen molar-refractivity contribution in [3.63, 3.8) is 0 Å². The minimum absolute atomic E-state index is 0.00450. The van der Waals surface area contributed by atoms with Gasteiger partial charge in [0.05, 0.1) is 22.3 Å². The van der Waals surface area contributed by atoms with E-state index in [2.05, 4.69) is 29.4 Å². The number of nitrogens with one attached hydrogen (secondary N) is 1. The molecule has 0 spiro atoms. The molecule has 2 aromatic heterocycles. The van der Waals surface area contributed by atoms with E-state index in [0.29, 0.717) is 28.2 Å². The summed E-state index contributed by atoms with van der Waals surface area (Å²) in [6, 6.07) is 13.7. The lowest BCUT2D eigenvalue weighted by Gasteiger charge is -2.34. The van der Waals surface area contributed by atoms with Gasteiger partial charge in [0.25, 0.3) is 5.56 Å². The Balaban J connectivity index is 1.52. The number of benzene rings is 2. The number of para-hydroxylation sites is 1. The molecule has 3 atom stereocenters. The highest BCUT2D eigenvalue weighted by Gasteiger charge is 2.28. The van der Waals surface area contributed by atoms with Gasteiger partial charge in [0.2, 0.25) is 11.7 Å². The first-order valence-electron chi connectivity index (χ1n) is 12.2. The highest BCUT2D eigenvalue weighted by Crippen LogP contribution is 2.30. The molecule has 1 saturated carbocycles. The molecule has 5 rings (SSSR count). The minimum Gasteiger partial charge on any atom is -0.352 e. The molecule has 35 heavy (non-hydrogen) atoms. The summed E-state index contributed by atoms with van der Waals surface area (Å²) in [6.07, 6.45) is 3.41. The third-order valence-corrected chi connectivity index (χ3v) is 8.31. The van der Waals surface area contributed by atoms with Gasteiger partial charge in [-0.25, -0.2) is 4.57 Å². The number of hydrogen-bond donors (Lipinski definition) is 1. The van der Waals surface area contributed by atoms with E-state index >= 15 is 0 Å². The van der Waals surface area contributed by atoms with Crippen molar-refractivity contribution < 1.29 is 4.79 Å². The average Bonchev–Trinajstić information content (AvgIpc) is 3.27. The fourth-order valence-corrected chi connectivity index (χ4v) is 5.87. The molecule has 0 saturated heterocycles. The van der Waals surface area contributed by atoms with Crippen LogP contribution in [0.5, 0.6) is 0 Å². The average molecular weight is 490 g/mol. The van der Waals surface area contributed by atoms with Gasteiger partial charge in [-0.3, -0.25) is 14.0 Å². The molecule has 0 radical (unpaired) electrons. The summed E-state index contributed by atoms with van der Waals surface area (Å²) in [5.41, 5.74) is 3.41. The van der Waals surface area contributed by atoms with Crippen molar-refractivity contribution in [2.45, 2.75) is 58.2 Å². The van der Waals surface area contributed by atoms with Crippen molar-refractivity contribution in [2.75, 3.05) is 5.75 Å². The molecule has 3 unspecified atom stereocenters. The molecule has 4 aromatic rings. The van der Waals surface area contributed by atoms with E-state index in [1.807, 2.05) is 60.7 Å². The second kappa shape index (κ2) is 9.49. The SMILES string of the molecule is Cc1ccc(C)c(-n2c(=O)c3ccccc3n3c(SCC(=O)NC4CCCC(C)C4C)nnc23)c1. The van der Waals surface area contributed by atoms with E-state index in [1.54, 1.807) is 4.57 Å². The van der Waals surface area contributed by atoms with E-state index in [4.69, 9.17) is 0 Å². The highest BCUT2D eigenvalue weighted by atomic mass is 32.2. The van der Waals surface area contributed by atoms with Gasteiger partial charge >= 0.3 is 0 Å². The van der Waals surface area contributed by atoms with Crippen LogP contribution in [0, 0.1) is 25.7 Å². The summed E-state index contributed by atoms with van der Waals surface area (Å²) in [7, 11) is 0. The van der Waals surface area contributed by atoms with Crippen LogP contribution in [0.1, 0.15) is 44.2 Å². The lowest BCUT2D eigenvalue weighted by atomic mass is 9.78. The smallest absolute Gasteiger partial charge is 0.267 e. The molecule has 8 heteroatoms. The number of thioether (sulfide) groups is 1. The van der Waals surface area contributed by atoms with Crippen molar-refractivity contribution in [1.29, 1.82) is 0 Å². The molecule has 0 bridgehead atoms. The van der Waals surface area contributed by atoms with E-state index < -0.39 is 0 Å². The topological polar surface area (TPSA) is 81.3 Å². The Morgan fingerprint density at radius 2 is 1.91 bits per heavy atom. The lowest BCUT2D eigenvalue weighted by molar-refractivity contribution is -0.120. The molecular formula is C27H31N5O2S. The molecule has 2 heterocycles. The van der Waals surface area contributed by atoms with Crippen LogP contribution >= 0.6 is 11.8 Å². The lowest BCUT2D eigenvalue weighted by Crippen LogP contribution is -2.44. The molecule has 1 aliphatic carbocycles. The number of aryl methyl sites for hydroxylation is 2. The third kappa shape index (κ3) is 4.35. The maximum atomic E-state index is 13.6. The van der Waals surface area contributed by atoms with Crippen molar-refractivity contribution >= 4 is 34.3 Å². The van der Waals surface area contributed by atoms with Crippen molar-refractivity contribution in [3.05, 3.63) is 63.9 Å². The Kier molecular flexibility index (Phi) is 6.40. The van der Waals surface area contributed by atoms with E-state index in [1.165, 1.54) is 18.2 Å². The van der Waals surface area contributed by atoms with Crippen LogP contribution in [0.15, 0.2) is 52.4 Å². The molecule has 1 N–H and O–H groups in total. The maximum Gasteiger partial charge on any atom is 0.267 e. The van der Waals surface area contributed by atoms with E-state index in [0.717, 1.165) is 35.2 Å². The molecule has 0 aliphatic heterocycles. The van der Waals surface area contributed by atoms with Crippen LogP contribution in [-0.2, 0) is 4.79 Å². The molecule has 1 aliphatic rings. The quantitative estimate of drug-likeness (QED) is 0.412. The number of carbonyl (C=O) groups excluding carboxylic acids is 1. The van der Waals surface area contributed by atoms with Gasteiger partial charge in [-0.15, -0.1) is 10.2 Å². The molecular weight excluding hydrogens is 458 g/mol. The largest absolute Gasteiger partial charge is 0.352 e. The molecule has 182 valence electrons. The Bertz CT molecular complexity index is 1470. The predicted octanol–water partition coefficient (Wildman–Crippen LogP) is 4.68. The van der Waals surface area contributed by atoms with Crippen molar-refractivity contribution in [2.24, 2.45) is 11.8 Å². The Morgan fingerprint density at radius 1 is 1.11 bits per heavy atom. The molecule has 7 nitrogen and oxygen atoms in total. The summed E-state index contributed by atoms with van der Waals surface area (Å²) in [6.45, 7) is 8.48. The monoisotopic (exact) mass is 489 g/mol. The molecule has 1 amide bonds. The predicted molar refractivity (Wildman–Crippen MR) is 140 cm³/mol. The van der Waals surface area contributed by atoms with Crippen molar-refractivity contribution in [3.8, 4) is 5.69 Å². The first kappa shape index (κ1) is 23.6. The summed E-state index contributed by atoms with van der Waals surface area (Å²) in [4.78, 5) is 26.4. The Hall–Kier alpha value is -3.13. The van der Waals surface area contributed by atoms with Crippen LogP contribution < -0.4 is 10.9 Å². The van der Waals surface area contributed by atoms with Gasteiger partial charge < -0.3 is 5.32 Å². The van der Waals surface area contributed by atoms with Crippen molar-refractivity contribution in [1.82, 2.24) is 24.5 Å². The summed E-state index contributed by atoms with van der Waals surface area (Å²) in [5.74, 6) is 1.79. The van der Waals surface area contributed by atoms with E-state index in [9.17, 15) is 9.59 Å². The fraction of sp³-hybridized carbons (Fsp3) is 0.407. The van der Waals surface area contributed by atoms with Gasteiger partial charge in [0.1, 0.15) is 0 Å². The van der Waals surface area contributed by atoms with Gasteiger partial charge in [-0.05, 0) is 61.4 Å². The van der Waals surface area contributed by atoms with Crippen LogP contribution in [0.2, 0.25) is 0 Å². The minimum atomic E-state index is -0.135. The highest BCUT2D eigenvalue weighted by molar-refractivity contribution is 7.99. The van der Waals surface area contributed by atoms with Gasteiger partial charge in [0, 0.05) is 6.04 Å². The van der Waals surface area contributed by atoms with Gasteiger partial charge in [-0.1, -0.05) is 62.7 Å². The number of amides is 1. The number of aromatic nitrogens is 4. The van der Waals surface area contributed by atoms with Crippen LogP contribution in [-0.4, -0.2) is 36.9 Å². The second-order valence-electron chi connectivity index (χ2n) is 9.80. The maximum absolute atomic E-state index is 13.6. The summed E-state index contributed by atoms with van der Waals surface area (Å²) >= 11 is 1.35. The molecule has 1 fully saturated rings. The zero-order valence-corrected chi connectivity index (χ0v) is 21.4. The number of nitrogens with zero attached hydrogens (tertiary/aromatic N) is 4. The third-order valence-electron chi connectivity index (χ3n) is 7.39. The zero-order chi connectivity index (χ0) is 24.7. The summed E-state index contributed by atoms with van der Waals surface area (Å²) < 4.78 is 3.52. The normalized spacial score (nSPS) is 20.4. The Labute approximate surface area is 208 Å². The number of carbonyl (C=O) groups is 1. The Morgan fingerprint density at radius 3 is 2.74 bits per heavy atom. The van der Waals surface area contributed by atoms with Gasteiger partial charge in [-0.2, -0.15) is 0 Å². The standard InChI is InChI=1S/C27H31N5O2S/c1-16-12-13-18(3)23(14-16)31-25(34)20-9-5-6-11-22(20)32-26(31)29-30-27(32)35-15-24(33)28-21-10-7-8-17(2)19(21)4/h5-6,9,11-14,17,19,21H,7-8,10,15H2,1-4H3,(H,28,33). The van der Waals surface area contributed by atoms with Gasteiger partial charge in [0.15, 0.2) is 5.16 Å². The number of fused-ring (bicyclic) bond motifs is 3. The van der Waals surface area contributed by atoms with Crippen LogP contribution in [0.3, 0.4) is 0 Å². The van der Waals surface area contributed by atoms with Crippen LogP contribution in [0.4, 0.5) is 0 Å². The first-order valence-corrected chi connectivity index (χ1v) is 13.2. The second-order valence-corrected chi connectivity index (χ2v) is 10.7.